The summed E-state index contributed by atoms with van der Waals surface area (Å²) >= 11 is 0. The number of hydrogen-bond acceptors (Lipinski definition) is 0. The Morgan fingerprint density at radius 3 is 1.66 bits per heavy atom. The minimum Gasteiger partial charge on any atom is -0.309 e. The Kier molecular flexibility index (Phi) is 4.86. The minimum absolute atomic E-state index is 1.03. The van der Waals surface area contributed by atoms with Crippen LogP contribution in [0.3, 0.4) is 0 Å². The van der Waals surface area contributed by atoms with Gasteiger partial charge in [0.1, 0.15) is 0 Å². The molecule has 1 aliphatic carbocycles. The normalized spacial score (nSPS) is 13.2. The zero-order valence-corrected chi connectivity index (χ0v) is 24.2. The lowest BCUT2D eigenvalue weighted by molar-refractivity contribution is 0.968. The molecule has 10 rings (SSSR count). The third-order valence-electron chi connectivity index (χ3n) is 9.71. The number of hydrogen-bond donors (Lipinski definition) is 0. The minimum atomic E-state index is 1.03. The van der Waals surface area contributed by atoms with E-state index in [-0.39, 0.29) is 0 Å². The Morgan fingerprint density at radius 1 is 0.409 bits per heavy atom. The molecule has 206 valence electrons. The molecule has 0 amide bonds. The highest BCUT2D eigenvalue weighted by Crippen LogP contribution is 2.50. The lowest BCUT2D eigenvalue weighted by atomic mass is 9.88. The van der Waals surface area contributed by atoms with E-state index < -0.39 is 0 Å². The number of allylic oxidation sites excluding steroid dienone is 1. The van der Waals surface area contributed by atoms with Crippen LogP contribution < -0.4 is 0 Å². The molecular formula is C42H28N2. The third kappa shape index (κ3) is 3.04. The number of benzene rings is 7. The van der Waals surface area contributed by atoms with Crippen molar-refractivity contribution < 1.29 is 0 Å². The van der Waals surface area contributed by atoms with E-state index in [1.54, 1.807) is 0 Å². The molecule has 1 aliphatic rings. The molecule has 0 saturated heterocycles. The smallest absolute Gasteiger partial charge is 0.0632 e. The summed E-state index contributed by atoms with van der Waals surface area (Å²) in [6.07, 6.45) is 6.78. The van der Waals surface area contributed by atoms with Crippen molar-refractivity contribution in [1.29, 1.82) is 0 Å². The molecule has 0 aliphatic heterocycles. The molecule has 44 heavy (non-hydrogen) atoms. The molecule has 2 heterocycles. The zero-order chi connectivity index (χ0) is 28.8. The largest absolute Gasteiger partial charge is 0.309 e. The molecule has 2 heteroatoms. The van der Waals surface area contributed by atoms with Crippen molar-refractivity contribution in [3.63, 3.8) is 0 Å². The standard InChI is InChI=1S/C42H28N2/c1-3-15-27(16-4-1)43-36-26-14-12-24-34(36)40-38-30-20-8-7-19-29(30)37-33-23-11-13-25-35(33)44(28-17-5-2-6-18-28)42(37)39(38)31-21-9-10-22-32(31)41(40)43/h1-11,13-23,25-26H,12,24H2. The fraction of sp³-hybridized carbons (Fsp3) is 0.0476. The Labute approximate surface area is 254 Å². The van der Waals surface area contributed by atoms with E-state index in [9.17, 15) is 0 Å². The Morgan fingerprint density at radius 2 is 0.955 bits per heavy atom. The summed E-state index contributed by atoms with van der Waals surface area (Å²) < 4.78 is 5.03. The van der Waals surface area contributed by atoms with Crippen molar-refractivity contribution in [2.75, 3.05) is 0 Å². The first kappa shape index (κ1) is 23.9. The number of fused-ring (bicyclic) bond motifs is 15. The van der Waals surface area contributed by atoms with Crippen LogP contribution in [0.2, 0.25) is 0 Å². The summed E-state index contributed by atoms with van der Waals surface area (Å²) in [5.74, 6) is 0. The van der Waals surface area contributed by atoms with Gasteiger partial charge in [0.2, 0.25) is 0 Å². The predicted octanol–water partition coefficient (Wildman–Crippen LogP) is 11.1. The van der Waals surface area contributed by atoms with E-state index in [1.165, 1.54) is 87.7 Å². The summed E-state index contributed by atoms with van der Waals surface area (Å²) in [4.78, 5) is 0. The van der Waals surface area contributed by atoms with Crippen LogP contribution >= 0.6 is 0 Å². The summed E-state index contributed by atoms with van der Waals surface area (Å²) in [6, 6.07) is 48.9. The monoisotopic (exact) mass is 560 g/mol. The van der Waals surface area contributed by atoms with Crippen LogP contribution in [0.5, 0.6) is 0 Å². The quantitative estimate of drug-likeness (QED) is 0.186. The van der Waals surface area contributed by atoms with Gasteiger partial charge in [0.25, 0.3) is 0 Å². The highest BCUT2D eigenvalue weighted by atomic mass is 15.0. The van der Waals surface area contributed by atoms with Crippen LogP contribution in [0.4, 0.5) is 0 Å². The van der Waals surface area contributed by atoms with E-state index >= 15 is 0 Å². The fourth-order valence-electron chi connectivity index (χ4n) is 8.05. The van der Waals surface area contributed by atoms with Gasteiger partial charge >= 0.3 is 0 Å². The summed E-state index contributed by atoms with van der Waals surface area (Å²) in [5.41, 5.74) is 8.99. The van der Waals surface area contributed by atoms with Crippen molar-refractivity contribution in [3.05, 3.63) is 151 Å². The predicted molar refractivity (Wildman–Crippen MR) is 187 cm³/mol. The molecule has 2 nitrogen and oxygen atoms in total. The summed E-state index contributed by atoms with van der Waals surface area (Å²) in [6.45, 7) is 0. The highest BCUT2D eigenvalue weighted by Gasteiger charge is 2.27. The van der Waals surface area contributed by atoms with Gasteiger partial charge in [0.05, 0.1) is 16.6 Å². The molecule has 0 unspecified atom stereocenters. The van der Waals surface area contributed by atoms with E-state index in [1.807, 2.05) is 0 Å². The second-order valence-electron chi connectivity index (χ2n) is 12.0. The molecule has 0 atom stereocenters. The lowest BCUT2D eigenvalue weighted by Crippen LogP contribution is -2.00. The van der Waals surface area contributed by atoms with Crippen molar-refractivity contribution >= 4 is 71.1 Å². The molecule has 7 aromatic carbocycles. The van der Waals surface area contributed by atoms with Crippen molar-refractivity contribution in [2.45, 2.75) is 12.8 Å². The lowest BCUT2D eigenvalue weighted by Gasteiger charge is -2.17. The maximum absolute atomic E-state index is 2.52. The van der Waals surface area contributed by atoms with E-state index in [0.29, 0.717) is 0 Å². The molecule has 0 spiro atoms. The second-order valence-corrected chi connectivity index (χ2v) is 12.0. The van der Waals surface area contributed by atoms with Crippen molar-refractivity contribution in [1.82, 2.24) is 9.13 Å². The van der Waals surface area contributed by atoms with Gasteiger partial charge in [-0.3, -0.25) is 0 Å². The Bertz CT molecular complexity index is 2630. The van der Waals surface area contributed by atoms with Gasteiger partial charge < -0.3 is 9.13 Å². The Hall–Kier alpha value is -5.60. The molecule has 0 saturated carbocycles. The van der Waals surface area contributed by atoms with Gasteiger partial charge in [0.15, 0.2) is 0 Å². The van der Waals surface area contributed by atoms with E-state index in [0.717, 1.165) is 12.8 Å². The molecule has 2 aromatic heterocycles. The van der Waals surface area contributed by atoms with Crippen LogP contribution in [-0.4, -0.2) is 9.13 Å². The number of aryl methyl sites for hydroxylation is 1. The number of para-hydroxylation sites is 3. The maximum Gasteiger partial charge on any atom is 0.0632 e. The zero-order valence-electron chi connectivity index (χ0n) is 24.2. The van der Waals surface area contributed by atoms with Crippen LogP contribution in [-0.2, 0) is 6.42 Å². The SMILES string of the molecule is C1=Cc2c(c3c4c5ccccc5c5c6ccccc6n(-c6ccccc6)c5c4c4ccccc4c3n2-c2ccccc2)CC1. The number of rotatable bonds is 2. The van der Waals surface area contributed by atoms with Crippen molar-refractivity contribution in [2.24, 2.45) is 0 Å². The van der Waals surface area contributed by atoms with E-state index in [2.05, 4.69) is 155 Å². The van der Waals surface area contributed by atoms with Crippen LogP contribution in [0.15, 0.2) is 140 Å². The Balaban J connectivity index is 1.60. The first-order valence-electron chi connectivity index (χ1n) is 15.5. The molecule has 0 N–H and O–H groups in total. The van der Waals surface area contributed by atoms with Crippen LogP contribution in [0.25, 0.3) is 82.5 Å². The van der Waals surface area contributed by atoms with Gasteiger partial charge in [-0.15, -0.1) is 0 Å². The van der Waals surface area contributed by atoms with Gasteiger partial charge in [0, 0.05) is 49.4 Å². The first-order chi connectivity index (χ1) is 21.9. The van der Waals surface area contributed by atoms with E-state index in [4.69, 9.17) is 0 Å². The van der Waals surface area contributed by atoms with Gasteiger partial charge in [-0.05, 0) is 71.0 Å². The van der Waals surface area contributed by atoms with Crippen molar-refractivity contribution in [3.8, 4) is 11.4 Å². The summed E-state index contributed by atoms with van der Waals surface area (Å²) in [5, 5.41) is 11.9. The summed E-state index contributed by atoms with van der Waals surface area (Å²) in [7, 11) is 0. The van der Waals surface area contributed by atoms with Gasteiger partial charge in [-0.1, -0.05) is 109 Å². The number of nitrogens with zero attached hydrogens (tertiary/aromatic N) is 2. The molecule has 9 aromatic rings. The molecule has 0 fully saturated rings. The maximum atomic E-state index is 2.52. The first-order valence-corrected chi connectivity index (χ1v) is 15.5. The average molecular weight is 561 g/mol. The third-order valence-corrected chi connectivity index (χ3v) is 9.71. The number of aromatic nitrogens is 2. The second kappa shape index (κ2) is 8.95. The fourth-order valence-corrected chi connectivity index (χ4v) is 8.05. The average Bonchev–Trinajstić information content (AvgIpc) is 3.63. The van der Waals surface area contributed by atoms with Gasteiger partial charge in [-0.2, -0.15) is 0 Å². The van der Waals surface area contributed by atoms with Crippen LogP contribution in [0, 0.1) is 0 Å². The molecule has 0 bridgehead atoms. The van der Waals surface area contributed by atoms with Crippen LogP contribution in [0.1, 0.15) is 17.7 Å². The highest BCUT2D eigenvalue weighted by molar-refractivity contribution is 6.42. The molecular weight excluding hydrogens is 532 g/mol. The molecule has 0 radical (unpaired) electrons. The topological polar surface area (TPSA) is 9.86 Å². The van der Waals surface area contributed by atoms with Gasteiger partial charge in [-0.25, -0.2) is 0 Å².